The molecule has 1 N–H and O–H groups in total. The number of hydrogen-bond donors (Lipinski definition) is 1. The van der Waals surface area contributed by atoms with Crippen LogP contribution >= 0.6 is 22.9 Å². The summed E-state index contributed by atoms with van der Waals surface area (Å²) in [6.45, 7) is 2.11. The van der Waals surface area contributed by atoms with E-state index in [0.29, 0.717) is 5.92 Å². The molecule has 2 rings (SSSR count). The highest BCUT2D eigenvalue weighted by atomic mass is 35.5. The fourth-order valence-corrected chi connectivity index (χ4v) is 4.21. The number of halogens is 1. The van der Waals surface area contributed by atoms with Crippen molar-refractivity contribution in [2.75, 3.05) is 0 Å². The molecule has 1 aliphatic carbocycles. The van der Waals surface area contributed by atoms with E-state index in [4.69, 9.17) is 11.6 Å². The average molecular weight is 267 g/mol. The smallest absolute Gasteiger partial charge is 0.232 e. The van der Waals surface area contributed by atoms with Crippen LogP contribution in [0.4, 0.5) is 0 Å². The van der Waals surface area contributed by atoms with Gasteiger partial charge >= 0.3 is 0 Å². The molecule has 7 heteroatoms. The van der Waals surface area contributed by atoms with Crippen molar-refractivity contribution < 1.29 is 8.42 Å². The monoisotopic (exact) mass is 266 g/mol. The number of nitrogens with zero attached hydrogens (tertiary/aromatic N) is 1. The molecule has 0 aromatic carbocycles. The Balaban J connectivity index is 2.07. The van der Waals surface area contributed by atoms with Gasteiger partial charge in [-0.1, -0.05) is 29.9 Å². The lowest BCUT2D eigenvalue weighted by molar-refractivity contribution is 0.270. The summed E-state index contributed by atoms with van der Waals surface area (Å²) in [5.41, 5.74) is 0. The molecule has 0 aliphatic heterocycles. The second-order valence-corrected chi connectivity index (χ2v) is 7.38. The van der Waals surface area contributed by atoms with E-state index in [1.165, 1.54) is 6.20 Å². The molecule has 1 aromatic heterocycles. The average Bonchev–Trinajstić information content (AvgIpc) is 2.49. The topological polar surface area (TPSA) is 59.1 Å². The summed E-state index contributed by atoms with van der Waals surface area (Å²) >= 11 is 6.57. The molecular formula is C8H11ClN2O2S2. The summed E-state index contributed by atoms with van der Waals surface area (Å²) in [6.07, 6.45) is 3.11. The maximum Gasteiger partial charge on any atom is 0.251 e. The third kappa shape index (κ3) is 2.50. The normalized spacial score (nSPS) is 26.3. The number of nitrogens with one attached hydrogen (secondary N) is 1. The molecule has 0 amide bonds. The van der Waals surface area contributed by atoms with E-state index in [0.717, 1.165) is 24.2 Å². The van der Waals surface area contributed by atoms with Gasteiger partial charge in [0.05, 0.1) is 6.20 Å². The standard InChI is InChI=1S/C8H11ClN2O2S2/c1-5-2-6(3-5)11-15(12,13)7-4-10-8(9)14-7/h4-6,11H,2-3H2,1H3. The Bertz CT molecular complexity index is 451. The van der Waals surface area contributed by atoms with E-state index in [1.54, 1.807) is 0 Å². The van der Waals surface area contributed by atoms with Crippen LogP contribution in [-0.2, 0) is 10.0 Å². The van der Waals surface area contributed by atoms with Gasteiger partial charge in [0.15, 0.2) is 8.68 Å². The van der Waals surface area contributed by atoms with Crippen molar-refractivity contribution in [3.8, 4) is 0 Å². The van der Waals surface area contributed by atoms with E-state index < -0.39 is 10.0 Å². The second kappa shape index (κ2) is 4.01. The molecule has 1 saturated carbocycles. The largest absolute Gasteiger partial charge is 0.251 e. The van der Waals surface area contributed by atoms with Crippen LogP contribution in [0.5, 0.6) is 0 Å². The first-order valence-electron chi connectivity index (χ1n) is 4.61. The Morgan fingerprint density at radius 3 is 2.73 bits per heavy atom. The van der Waals surface area contributed by atoms with Crippen LogP contribution in [-0.4, -0.2) is 19.4 Å². The summed E-state index contributed by atoms with van der Waals surface area (Å²) in [6, 6.07) is 0.0749. The molecular weight excluding hydrogens is 256 g/mol. The predicted octanol–water partition coefficient (Wildman–Crippen LogP) is 1.87. The molecule has 1 heterocycles. The van der Waals surface area contributed by atoms with Crippen LogP contribution in [0.25, 0.3) is 0 Å². The molecule has 15 heavy (non-hydrogen) atoms. The number of aromatic nitrogens is 1. The fraction of sp³-hybridized carbons (Fsp3) is 0.625. The third-order valence-electron chi connectivity index (χ3n) is 2.42. The van der Waals surface area contributed by atoms with Gasteiger partial charge in [-0.25, -0.2) is 18.1 Å². The molecule has 1 aliphatic rings. The fourth-order valence-electron chi connectivity index (χ4n) is 1.64. The first-order valence-corrected chi connectivity index (χ1v) is 7.29. The predicted molar refractivity (Wildman–Crippen MR) is 59.6 cm³/mol. The van der Waals surface area contributed by atoms with E-state index in [1.807, 2.05) is 0 Å². The van der Waals surface area contributed by atoms with Crippen molar-refractivity contribution >= 4 is 33.0 Å². The minimum Gasteiger partial charge on any atom is -0.232 e. The Labute approximate surface area is 97.7 Å². The van der Waals surface area contributed by atoms with Gasteiger partial charge in [0.25, 0.3) is 10.0 Å². The third-order valence-corrected chi connectivity index (χ3v) is 5.51. The van der Waals surface area contributed by atoms with Gasteiger partial charge in [-0.3, -0.25) is 0 Å². The highest BCUT2D eigenvalue weighted by Crippen LogP contribution is 2.29. The lowest BCUT2D eigenvalue weighted by Crippen LogP contribution is -2.43. The molecule has 84 valence electrons. The van der Waals surface area contributed by atoms with Crippen molar-refractivity contribution in [2.45, 2.75) is 30.0 Å². The van der Waals surface area contributed by atoms with Crippen molar-refractivity contribution in [1.82, 2.24) is 9.71 Å². The zero-order valence-electron chi connectivity index (χ0n) is 8.10. The van der Waals surface area contributed by atoms with Crippen LogP contribution in [0.15, 0.2) is 10.4 Å². The summed E-state index contributed by atoms with van der Waals surface area (Å²) in [4.78, 5) is 3.71. The SMILES string of the molecule is CC1CC(NS(=O)(=O)c2cnc(Cl)s2)C1. The van der Waals surface area contributed by atoms with Gasteiger partial charge in [0.1, 0.15) is 0 Å². The zero-order chi connectivity index (χ0) is 11.1. The molecule has 0 radical (unpaired) electrons. The molecule has 0 spiro atoms. The quantitative estimate of drug-likeness (QED) is 0.909. The Morgan fingerprint density at radius 2 is 2.27 bits per heavy atom. The molecule has 1 aromatic rings. The van der Waals surface area contributed by atoms with Crippen molar-refractivity contribution in [1.29, 1.82) is 0 Å². The maximum absolute atomic E-state index is 11.8. The molecule has 0 saturated heterocycles. The van der Waals surface area contributed by atoms with Gasteiger partial charge in [0, 0.05) is 6.04 Å². The summed E-state index contributed by atoms with van der Waals surface area (Å²) in [7, 11) is -3.40. The zero-order valence-corrected chi connectivity index (χ0v) is 10.5. The number of thiazole rings is 1. The number of hydrogen-bond acceptors (Lipinski definition) is 4. The van der Waals surface area contributed by atoms with Crippen molar-refractivity contribution in [3.05, 3.63) is 10.7 Å². The van der Waals surface area contributed by atoms with E-state index in [-0.39, 0.29) is 14.7 Å². The summed E-state index contributed by atoms with van der Waals surface area (Å²) in [5, 5.41) is 0. The first-order chi connectivity index (χ1) is 6.97. The Morgan fingerprint density at radius 1 is 1.60 bits per heavy atom. The van der Waals surface area contributed by atoms with Gasteiger partial charge in [0.2, 0.25) is 0 Å². The number of rotatable bonds is 3. The van der Waals surface area contributed by atoms with Gasteiger partial charge in [-0.05, 0) is 18.8 Å². The molecule has 0 bridgehead atoms. The minimum absolute atomic E-state index is 0.0749. The molecule has 0 unspecified atom stereocenters. The molecule has 1 fully saturated rings. The summed E-state index contributed by atoms with van der Waals surface area (Å²) < 4.78 is 26.6. The number of sulfonamides is 1. The van der Waals surface area contributed by atoms with Crippen LogP contribution in [0, 0.1) is 5.92 Å². The minimum atomic E-state index is -3.40. The second-order valence-electron chi connectivity index (χ2n) is 3.83. The van der Waals surface area contributed by atoms with Gasteiger partial charge < -0.3 is 0 Å². The van der Waals surface area contributed by atoms with Gasteiger partial charge in [-0.2, -0.15) is 0 Å². The van der Waals surface area contributed by atoms with Crippen LogP contribution in [0.1, 0.15) is 19.8 Å². The molecule has 4 nitrogen and oxygen atoms in total. The van der Waals surface area contributed by atoms with Crippen molar-refractivity contribution in [2.24, 2.45) is 5.92 Å². The maximum atomic E-state index is 11.8. The van der Waals surface area contributed by atoms with Crippen LogP contribution in [0.3, 0.4) is 0 Å². The first kappa shape index (κ1) is 11.3. The van der Waals surface area contributed by atoms with Crippen LogP contribution in [0.2, 0.25) is 4.47 Å². The van der Waals surface area contributed by atoms with E-state index >= 15 is 0 Å². The molecule has 0 atom stereocenters. The highest BCUT2D eigenvalue weighted by molar-refractivity contribution is 7.91. The summed E-state index contributed by atoms with van der Waals surface area (Å²) in [5.74, 6) is 0.614. The Hall–Kier alpha value is -0.170. The lowest BCUT2D eigenvalue weighted by atomic mass is 9.83. The highest BCUT2D eigenvalue weighted by Gasteiger charge is 2.30. The van der Waals surface area contributed by atoms with E-state index in [2.05, 4.69) is 16.6 Å². The van der Waals surface area contributed by atoms with Crippen molar-refractivity contribution in [3.63, 3.8) is 0 Å². The van der Waals surface area contributed by atoms with E-state index in [9.17, 15) is 8.42 Å². The van der Waals surface area contributed by atoms with Crippen LogP contribution < -0.4 is 4.72 Å². The Kier molecular flexibility index (Phi) is 3.03. The lowest BCUT2D eigenvalue weighted by Gasteiger charge is -2.32. The van der Waals surface area contributed by atoms with Gasteiger partial charge in [-0.15, -0.1) is 0 Å².